The molecule has 38 heavy (non-hydrogen) atoms. The van der Waals surface area contributed by atoms with Gasteiger partial charge in [-0.2, -0.15) is 0 Å². The highest BCUT2D eigenvalue weighted by Crippen LogP contribution is 2.65. The van der Waals surface area contributed by atoms with E-state index in [1.54, 1.807) is 20.8 Å². The molecule has 0 heterocycles. The van der Waals surface area contributed by atoms with Crippen molar-refractivity contribution in [3.05, 3.63) is 45.2 Å². The molecule has 0 aromatic heterocycles. The first-order valence-electron chi connectivity index (χ1n) is 13.6. The average molecular weight is 525 g/mol. The molecule has 4 atom stereocenters. The van der Waals surface area contributed by atoms with E-state index >= 15 is 0 Å². The maximum atomic E-state index is 14.4. The number of rotatable bonds is 5. The zero-order valence-electron chi connectivity index (χ0n) is 23.7. The maximum Gasteiger partial charge on any atom is 0.203 e. The molecule has 3 aliphatic carbocycles. The number of phenolic OH excluding ortho intramolecular Hbond substituents is 1. The molecule has 7 heteroatoms. The van der Waals surface area contributed by atoms with Crippen LogP contribution in [0.2, 0.25) is 0 Å². The molecule has 1 aromatic rings. The molecule has 4 N–H and O–H groups in total. The SMILES string of the molecule is CCCc1cc(C(C)C)c2c(c1O)C(O)=C1C(=O)[C@@]3(O)C(O)=C(C(C)=O)C(=O)C(C(C)C)[C@@]3(C)C[C@@]1(C)C2. The molecule has 7 nitrogen and oxygen atoms in total. The van der Waals surface area contributed by atoms with Crippen LogP contribution in [0, 0.1) is 22.7 Å². The zero-order valence-corrected chi connectivity index (χ0v) is 23.7. The van der Waals surface area contributed by atoms with Crippen LogP contribution in [0.1, 0.15) is 96.4 Å². The van der Waals surface area contributed by atoms with Crippen LogP contribution in [-0.2, 0) is 27.2 Å². The number of hydrogen-bond donors (Lipinski definition) is 4. The summed E-state index contributed by atoms with van der Waals surface area (Å²) in [5.41, 5.74) is -3.12. The summed E-state index contributed by atoms with van der Waals surface area (Å²) in [7, 11) is 0. The number of aliphatic hydroxyl groups excluding tert-OH is 2. The molecule has 1 fully saturated rings. The van der Waals surface area contributed by atoms with Gasteiger partial charge in [0.15, 0.2) is 17.2 Å². The Morgan fingerprint density at radius 2 is 1.71 bits per heavy atom. The fourth-order valence-corrected chi connectivity index (χ4v) is 7.85. The van der Waals surface area contributed by atoms with Gasteiger partial charge in [-0.1, -0.05) is 61.0 Å². The molecule has 3 aliphatic rings. The monoisotopic (exact) mass is 524 g/mol. The minimum Gasteiger partial charge on any atom is -0.508 e. The van der Waals surface area contributed by atoms with Gasteiger partial charge >= 0.3 is 0 Å². The number of aryl methyl sites for hydroxylation is 1. The molecule has 0 radical (unpaired) electrons. The smallest absolute Gasteiger partial charge is 0.203 e. The lowest BCUT2D eigenvalue weighted by Crippen LogP contribution is -2.69. The van der Waals surface area contributed by atoms with Crippen LogP contribution >= 0.6 is 0 Å². The molecule has 206 valence electrons. The van der Waals surface area contributed by atoms with Crippen LogP contribution in [0.5, 0.6) is 5.75 Å². The maximum absolute atomic E-state index is 14.4. The average Bonchev–Trinajstić information content (AvgIpc) is 2.77. The van der Waals surface area contributed by atoms with E-state index in [-0.39, 0.29) is 35.1 Å². The summed E-state index contributed by atoms with van der Waals surface area (Å²) >= 11 is 0. The molecule has 0 spiro atoms. The van der Waals surface area contributed by atoms with Gasteiger partial charge in [-0.05, 0) is 54.7 Å². The highest BCUT2D eigenvalue weighted by molar-refractivity contribution is 6.24. The van der Waals surface area contributed by atoms with Gasteiger partial charge in [0.1, 0.15) is 22.8 Å². The van der Waals surface area contributed by atoms with E-state index in [4.69, 9.17) is 0 Å². The van der Waals surface area contributed by atoms with Crippen molar-refractivity contribution in [2.24, 2.45) is 22.7 Å². The number of fused-ring (bicyclic) bond motifs is 3. The first-order valence-corrected chi connectivity index (χ1v) is 13.6. The topological polar surface area (TPSA) is 132 Å². The Bertz CT molecular complexity index is 1330. The summed E-state index contributed by atoms with van der Waals surface area (Å²) in [5, 5.41) is 46.4. The normalized spacial score (nSPS) is 31.1. The molecule has 0 amide bonds. The third-order valence-corrected chi connectivity index (χ3v) is 9.26. The molecule has 1 aromatic carbocycles. The van der Waals surface area contributed by atoms with E-state index < -0.39 is 56.8 Å². The van der Waals surface area contributed by atoms with Crippen LogP contribution < -0.4 is 0 Å². The number of carbonyl (C=O) groups is 3. The summed E-state index contributed by atoms with van der Waals surface area (Å²) in [6.07, 6.45) is 1.75. The molecule has 0 aliphatic heterocycles. The number of aromatic hydroxyl groups is 1. The number of ketones is 3. The number of allylic oxidation sites excluding steroid dienone is 1. The lowest BCUT2D eigenvalue weighted by Gasteiger charge is -2.60. The number of carbonyl (C=O) groups excluding carboxylic acids is 3. The number of phenols is 1. The Labute approximate surface area is 224 Å². The Hall–Kier alpha value is -2.93. The molecule has 0 bridgehead atoms. The fourth-order valence-electron chi connectivity index (χ4n) is 7.85. The standard InChI is InChI=1S/C31H40O7/c1-9-10-17-11-18(14(2)3)19-12-29(7)13-30(8)22(15(4)5)25(34)20(16(6)32)27(36)31(30,38)28(37)23(29)26(35)21(19)24(17)33/h11,14-15,22,33,35-36,38H,9-10,12-13H2,1-8H3/t22?,29-,30-,31+/m1/s1. The third-order valence-electron chi connectivity index (χ3n) is 9.26. The Morgan fingerprint density at radius 1 is 1.11 bits per heavy atom. The quantitative estimate of drug-likeness (QED) is 0.386. The second kappa shape index (κ2) is 8.80. The minimum absolute atomic E-state index is 0.0782. The Kier molecular flexibility index (Phi) is 6.50. The van der Waals surface area contributed by atoms with Crippen molar-refractivity contribution in [1.29, 1.82) is 0 Å². The number of Topliss-reactive ketones (excluding diaryl/α,β-unsaturated/α-hetero) is 3. The van der Waals surface area contributed by atoms with Crippen molar-refractivity contribution in [2.75, 3.05) is 0 Å². The number of hydrogen-bond acceptors (Lipinski definition) is 7. The van der Waals surface area contributed by atoms with Crippen LogP contribution in [0.15, 0.2) is 23.0 Å². The van der Waals surface area contributed by atoms with E-state index in [0.29, 0.717) is 18.4 Å². The van der Waals surface area contributed by atoms with Crippen molar-refractivity contribution >= 4 is 23.1 Å². The number of aliphatic hydroxyl groups is 3. The summed E-state index contributed by atoms with van der Waals surface area (Å²) in [6, 6.07) is 1.97. The van der Waals surface area contributed by atoms with Gasteiger partial charge in [0.05, 0.1) is 5.56 Å². The van der Waals surface area contributed by atoms with Crippen LogP contribution in [-0.4, -0.2) is 43.4 Å². The second-order valence-corrected chi connectivity index (χ2v) is 12.7. The fraction of sp³-hybridized carbons (Fsp3) is 0.581. The predicted octanol–water partition coefficient (Wildman–Crippen LogP) is 5.27. The van der Waals surface area contributed by atoms with Gasteiger partial charge in [-0.3, -0.25) is 14.4 Å². The van der Waals surface area contributed by atoms with E-state index in [1.807, 2.05) is 33.8 Å². The largest absolute Gasteiger partial charge is 0.508 e. The summed E-state index contributed by atoms with van der Waals surface area (Å²) in [6.45, 7) is 14.2. The van der Waals surface area contributed by atoms with Crippen molar-refractivity contribution in [3.63, 3.8) is 0 Å². The summed E-state index contributed by atoms with van der Waals surface area (Å²) < 4.78 is 0. The molecule has 0 saturated heterocycles. The van der Waals surface area contributed by atoms with Crippen molar-refractivity contribution in [2.45, 2.75) is 92.6 Å². The Balaban J connectivity index is 2.11. The van der Waals surface area contributed by atoms with Crippen molar-refractivity contribution in [3.8, 4) is 5.75 Å². The molecule has 1 saturated carbocycles. The van der Waals surface area contributed by atoms with E-state index in [1.165, 1.54) is 0 Å². The van der Waals surface area contributed by atoms with Crippen LogP contribution in [0.25, 0.3) is 5.76 Å². The molecule has 4 rings (SSSR count). The number of benzene rings is 1. The van der Waals surface area contributed by atoms with Crippen LogP contribution in [0.3, 0.4) is 0 Å². The predicted molar refractivity (Wildman–Crippen MR) is 144 cm³/mol. The molecular weight excluding hydrogens is 484 g/mol. The van der Waals surface area contributed by atoms with Crippen molar-refractivity contribution < 1.29 is 34.8 Å². The zero-order chi connectivity index (χ0) is 28.7. The first kappa shape index (κ1) is 28.1. The van der Waals surface area contributed by atoms with Gasteiger partial charge in [0.2, 0.25) is 5.78 Å². The minimum atomic E-state index is -2.59. The van der Waals surface area contributed by atoms with Gasteiger partial charge < -0.3 is 20.4 Å². The van der Waals surface area contributed by atoms with Gasteiger partial charge in [-0.15, -0.1) is 0 Å². The van der Waals surface area contributed by atoms with Crippen molar-refractivity contribution in [1.82, 2.24) is 0 Å². The third kappa shape index (κ3) is 3.40. The Morgan fingerprint density at radius 3 is 2.21 bits per heavy atom. The van der Waals surface area contributed by atoms with Crippen LogP contribution in [0.4, 0.5) is 0 Å². The van der Waals surface area contributed by atoms with Gasteiger partial charge in [0.25, 0.3) is 0 Å². The lowest BCUT2D eigenvalue weighted by atomic mass is 9.43. The van der Waals surface area contributed by atoms with Gasteiger partial charge in [-0.25, -0.2) is 0 Å². The second-order valence-electron chi connectivity index (χ2n) is 12.7. The summed E-state index contributed by atoms with van der Waals surface area (Å²) in [4.78, 5) is 40.4. The van der Waals surface area contributed by atoms with E-state index in [9.17, 15) is 34.8 Å². The first-order chi connectivity index (χ1) is 17.5. The van der Waals surface area contributed by atoms with E-state index in [0.717, 1.165) is 24.5 Å². The lowest BCUT2D eigenvalue weighted by molar-refractivity contribution is -0.178. The van der Waals surface area contributed by atoms with E-state index in [2.05, 4.69) is 0 Å². The highest BCUT2D eigenvalue weighted by Gasteiger charge is 2.72. The summed E-state index contributed by atoms with van der Waals surface area (Å²) in [5.74, 6) is -4.88. The molecular formula is C31H40O7. The van der Waals surface area contributed by atoms with Gasteiger partial charge in [0, 0.05) is 22.3 Å². The molecule has 1 unspecified atom stereocenters. The highest BCUT2D eigenvalue weighted by atomic mass is 16.3.